The minimum Gasteiger partial charge on any atom is -0.467 e. The van der Waals surface area contributed by atoms with Gasteiger partial charge in [-0.05, 0) is 13.0 Å². The van der Waals surface area contributed by atoms with Crippen LogP contribution in [-0.4, -0.2) is 34.4 Å². The Kier molecular flexibility index (Phi) is 4.25. The molecule has 100 valence electrons. The average Bonchev–Trinajstić information content (AvgIpc) is 2.94. The second-order valence-electron chi connectivity index (χ2n) is 4.03. The van der Waals surface area contributed by atoms with Crippen molar-refractivity contribution in [3.8, 4) is 11.4 Å². The van der Waals surface area contributed by atoms with E-state index in [-0.39, 0.29) is 5.97 Å². The third-order valence-electron chi connectivity index (χ3n) is 2.77. The molecule has 1 unspecified atom stereocenters. The summed E-state index contributed by atoms with van der Waals surface area (Å²) < 4.78 is 6.25. The van der Waals surface area contributed by atoms with Crippen molar-refractivity contribution in [3.63, 3.8) is 0 Å². The maximum absolute atomic E-state index is 11.7. The first-order chi connectivity index (χ1) is 9.26. The summed E-state index contributed by atoms with van der Waals surface area (Å²) in [6.07, 6.45) is 1.99. The summed E-state index contributed by atoms with van der Waals surface area (Å²) in [6.45, 7) is 0.375. The third kappa shape index (κ3) is 2.97. The van der Waals surface area contributed by atoms with Crippen LogP contribution in [0, 0.1) is 0 Å². The number of benzene rings is 1. The highest BCUT2D eigenvalue weighted by Gasteiger charge is 2.22. The van der Waals surface area contributed by atoms with Crippen molar-refractivity contribution < 1.29 is 9.53 Å². The monoisotopic (exact) mass is 260 g/mol. The van der Waals surface area contributed by atoms with Crippen molar-refractivity contribution >= 4 is 5.97 Å². The Morgan fingerprint density at radius 1 is 1.42 bits per heavy atom. The lowest BCUT2D eigenvalue weighted by molar-refractivity contribution is -0.145. The zero-order valence-electron chi connectivity index (χ0n) is 10.7. The van der Waals surface area contributed by atoms with E-state index in [1.54, 1.807) is 0 Å². The van der Waals surface area contributed by atoms with Crippen molar-refractivity contribution in [1.82, 2.24) is 14.8 Å². The standard InChI is InChI=1S/C13H16N4O2/c1-19-13(18)11(7-8-14)17-9-15-12(16-17)10-5-3-2-4-6-10/h2-6,9,11H,7-8,14H2,1H3. The Morgan fingerprint density at radius 3 is 2.79 bits per heavy atom. The molecule has 0 saturated carbocycles. The lowest BCUT2D eigenvalue weighted by Crippen LogP contribution is -2.24. The molecule has 0 aliphatic carbocycles. The molecule has 1 atom stereocenters. The van der Waals surface area contributed by atoms with E-state index >= 15 is 0 Å². The quantitative estimate of drug-likeness (QED) is 0.811. The molecule has 1 heterocycles. The van der Waals surface area contributed by atoms with Crippen LogP contribution in [0.1, 0.15) is 12.5 Å². The molecule has 6 heteroatoms. The highest BCUT2D eigenvalue weighted by Crippen LogP contribution is 2.17. The highest BCUT2D eigenvalue weighted by molar-refractivity contribution is 5.74. The summed E-state index contributed by atoms with van der Waals surface area (Å²) in [5.41, 5.74) is 6.41. The normalized spacial score (nSPS) is 12.1. The number of hydrogen-bond donors (Lipinski definition) is 1. The molecule has 0 fully saturated rings. The third-order valence-corrected chi connectivity index (χ3v) is 2.77. The summed E-state index contributed by atoms with van der Waals surface area (Å²) in [7, 11) is 1.35. The van der Waals surface area contributed by atoms with Gasteiger partial charge in [0.1, 0.15) is 6.33 Å². The summed E-state index contributed by atoms with van der Waals surface area (Å²) in [5, 5.41) is 4.32. The van der Waals surface area contributed by atoms with Gasteiger partial charge in [-0.1, -0.05) is 30.3 Å². The molecule has 0 saturated heterocycles. The summed E-state index contributed by atoms with van der Waals surface area (Å²) in [5.74, 6) is 0.210. The number of carbonyl (C=O) groups excluding carboxylic acids is 1. The fourth-order valence-electron chi connectivity index (χ4n) is 1.80. The molecular formula is C13H16N4O2. The van der Waals surface area contributed by atoms with Crippen molar-refractivity contribution in [3.05, 3.63) is 36.7 Å². The maximum atomic E-state index is 11.7. The number of aromatic nitrogens is 3. The average molecular weight is 260 g/mol. The van der Waals surface area contributed by atoms with Gasteiger partial charge in [-0.3, -0.25) is 0 Å². The summed E-state index contributed by atoms with van der Waals surface area (Å²) in [6, 6.07) is 9.04. The van der Waals surface area contributed by atoms with Gasteiger partial charge in [0.15, 0.2) is 11.9 Å². The van der Waals surface area contributed by atoms with E-state index in [1.165, 1.54) is 18.1 Å². The van der Waals surface area contributed by atoms with E-state index in [4.69, 9.17) is 10.5 Å². The van der Waals surface area contributed by atoms with E-state index in [2.05, 4.69) is 10.1 Å². The first kappa shape index (κ1) is 13.2. The van der Waals surface area contributed by atoms with Crippen molar-refractivity contribution in [2.75, 3.05) is 13.7 Å². The molecule has 0 radical (unpaired) electrons. The van der Waals surface area contributed by atoms with E-state index in [1.807, 2.05) is 30.3 Å². The smallest absolute Gasteiger partial charge is 0.330 e. The van der Waals surface area contributed by atoms with E-state index in [0.29, 0.717) is 18.8 Å². The van der Waals surface area contributed by atoms with Crippen LogP contribution in [0.2, 0.25) is 0 Å². The van der Waals surface area contributed by atoms with Gasteiger partial charge in [0, 0.05) is 5.56 Å². The van der Waals surface area contributed by atoms with Crippen molar-refractivity contribution in [2.45, 2.75) is 12.5 Å². The molecule has 19 heavy (non-hydrogen) atoms. The largest absolute Gasteiger partial charge is 0.467 e. The Morgan fingerprint density at radius 2 is 2.16 bits per heavy atom. The number of carbonyl (C=O) groups is 1. The van der Waals surface area contributed by atoms with Gasteiger partial charge in [0.25, 0.3) is 0 Å². The van der Waals surface area contributed by atoms with Crippen LogP contribution in [0.5, 0.6) is 0 Å². The predicted molar refractivity (Wildman–Crippen MR) is 70.2 cm³/mol. The van der Waals surface area contributed by atoms with Crippen LogP contribution in [0.3, 0.4) is 0 Å². The van der Waals surface area contributed by atoms with E-state index < -0.39 is 6.04 Å². The fraction of sp³-hybridized carbons (Fsp3) is 0.308. The molecule has 2 N–H and O–H groups in total. The van der Waals surface area contributed by atoms with Gasteiger partial charge in [-0.2, -0.15) is 5.10 Å². The fourth-order valence-corrected chi connectivity index (χ4v) is 1.80. The molecule has 1 aromatic heterocycles. The van der Waals surface area contributed by atoms with Crippen molar-refractivity contribution in [1.29, 1.82) is 0 Å². The minimum atomic E-state index is -0.528. The second kappa shape index (κ2) is 6.10. The SMILES string of the molecule is COC(=O)C(CCN)n1cnc(-c2ccccc2)n1. The Bertz CT molecular complexity index is 539. The van der Waals surface area contributed by atoms with E-state index in [9.17, 15) is 4.79 Å². The maximum Gasteiger partial charge on any atom is 0.330 e. The molecule has 0 aliphatic rings. The first-order valence-corrected chi connectivity index (χ1v) is 6.00. The predicted octanol–water partition coefficient (Wildman–Crippen LogP) is 1.01. The number of rotatable bonds is 5. The van der Waals surface area contributed by atoms with Gasteiger partial charge >= 0.3 is 5.97 Å². The van der Waals surface area contributed by atoms with Crippen LogP contribution in [0.15, 0.2) is 36.7 Å². The number of ether oxygens (including phenoxy) is 1. The molecular weight excluding hydrogens is 244 g/mol. The van der Waals surface area contributed by atoms with Gasteiger partial charge in [0.2, 0.25) is 0 Å². The lowest BCUT2D eigenvalue weighted by atomic mass is 10.2. The topological polar surface area (TPSA) is 83.0 Å². The van der Waals surface area contributed by atoms with Crippen LogP contribution >= 0.6 is 0 Å². The molecule has 2 rings (SSSR count). The van der Waals surface area contributed by atoms with Gasteiger partial charge in [-0.15, -0.1) is 0 Å². The molecule has 0 spiro atoms. The number of nitrogens with two attached hydrogens (primary N) is 1. The number of methoxy groups -OCH3 is 1. The van der Waals surface area contributed by atoms with Crippen LogP contribution in [0.4, 0.5) is 0 Å². The van der Waals surface area contributed by atoms with Gasteiger partial charge in [-0.25, -0.2) is 14.5 Å². The Balaban J connectivity index is 2.26. The first-order valence-electron chi connectivity index (χ1n) is 6.00. The zero-order chi connectivity index (χ0) is 13.7. The number of nitrogens with zero attached hydrogens (tertiary/aromatic N) is 3. The molecule has 6 nitrogen and oxygen atoms in total. The molecule has 1 aromatic carbocycles. The van der Waals surface area contributed by atoms with Crippen LogP contribution in [0.25, 0.3) is 11.4 Å². The summed E-state index contributed by atoms with van der Waals surface area (Å²) in [4.78, 5) is 15.9. The van der Waals surface area contributed by atoms with E-state index in [0.717, 1.165) is 5.56 Å². The van der Waals surface area contributed by atoms with Gasteiger partial charge in [0.05, 0.1) is 7.11 Å². The Labute approximate surface area is 111 Å². The van der Waals surface area contributed by atoms with Crippen molar-refractivity contribution in [2.24, 2.45) is 5.73 Å². The molecule has 0 bridgehead atoms. The summed E-state index contributed by atoms with van der Waals surface area (Å²) >= 11 is 0. The second-order valence-corrected chi connectivity index (χ2v) is 4.03. The zero-order valence-corrected chi connectivity index (χ0v) is 10.7. The number of esters is 1. The molecule has 0 amide bonds. The molecule has 0 aliphatic heterocycles. The lowest BCUT2D eigenvalue weighted by Gasteiger charge is -2.12. The van der Waals surface area contributed by atoms with Crippen LogP contribution in [-0.2, 0) is 9.53 Å². The van der Waals surface area contributed by atoms with Gasteiger partial charge < -0.3 is 10.5 Å². The van der Waals surface area contributed by atoms with Crippen LogP contribution < -0.4 is 5.73 Å². The Hall–Kier alpha value is -2.21. The highest BCUT2D eigenvalue weighted by atomic mass is 16.5. The number of hydrogen-bond acceptors (Lipinski definition) is 5. The minimum absolute atomic E-state index is 0.366. The molecule has 2 aromatic rings.